The molecule has 9 rings (SSSR count). The molecule has 66 heavy (non-hydrogen) atoms. The van der Waals surface area contributed by atoms with Gasteiger partial charge in [-0.25, -0.2) is 39.4 Å². The molecule has 3 aliphatic rings. The van der Waals surface area contributed by atoms with Crippen LogP contribution in [0.15, 0.2) is 99.5 Å². The maximum atomic E-state index is 15.5. The van der Waals surface area contributed by atoms with Crippen molar-refractivity contribution in [1.29, 1.82) is 0 Å². The zero-order valence-electron chi connectivity index (χ0n) is 35.1. The Bertz CT molecular complexity index is 3190. The number of sulfonamides is 1. The van der Waals surface area contributed by atoms with Crippen molar-refractivity contribution in [3.05, 3.63) is 135 Å². The summed E-state index contributed by atoms with van der Waals surface area (Å²) in [4.78, 5) is 33.7. The number of benzene rings is 4. The van der Waals surface area contributed by atoms with E-state index in [1.165, 1.54) is 66.7 Å². The number of alkyl halides is 4. The number of carbonyl (C=O) groups is 1. The van der Waals surface area contributed by atoms with E-state index in [-0.39, 0.29) is 81.6 Å². The summed E-state index contributed by atoms with van der Waals surface area (Å²) in [6.45, 7) is 2.61. The molecule has 0 radical (unpaired) electrons. The molecule has 3 heterocycles. The molecule has 2 fully saturated rings. The van der Waals surface area contributed by atoms with Crippen LogP contribution < -0.4 is 10.9 Å². The summed E-state index contributed by atoms with van der Waals surface area (Å²) >= 11 is 0. The van der Waals surface area contributed by atoms with Gasteiger partial charge in [0.15, 0.2) is 9.84 Å². The van der Waals surface area contributed by atoms with Gasteiger partial charge in [0.25, 0.3) is 17.9 Å². The number of carbonyl (C=O) groups excluding carboxylic acids is 1. The van der Waals surface area contributed by atoms with E-state index >= 15 is 8.78 Å². The Kier molecular flexibility index (Phi) is 11.5. The van der Waals surface area contributed by atoms with Gasteiger partial charge < -0.3 is 10.1 Å². The molecule has 0 bridgehead atoms. The first kappa shape index (κ1) is 45.3. The number of rotatable bonds is 13. The zero-order valence-corrected chi connectivity index (χ0v) is 36.7. The third kappa shape index (κ3) is 7.98. The van der Waals surface area contributed by atoms with Crippen molar-refractivity contribution in [3.8, 4) is 16.8 Å². The minimum absolute atomic E-state index is 0.00120. The summed E-state index contributed by atoms with van der Waals surface area (Å²) in [7, 11) is -7.87. The maximum absolute atomic E-state index is 15.5. The smallest absolute Gasteiger partial charge is 0.293 e. The van der Waals surface area contributed by atoms with Gasteiger partial charge in [-0.05, 0) is 91.9 Å². The van der Waals surface area contributed by atoms with Gasteiger partial charge in [-0.15, -0.1) is 0 Å². The first-order valence-electron chi connectivity index (χ1n) is 20.9. The van der Waals surface area contributed by atoms with E-state index in [0.29, 0.717) is 16.3 Å². The van der Waals surface area contributed by atoms with Crippen LogP contribution in [0.25, 0.3) is 27.7 Å². The van der Waals surface area contributed by atoms with Crippen LogP contribution in [0.1, 0.15) is 67.0 Å². The second kappa shape index (κ2) is 16.8. The number of halogens is 6. The summed E-state index contributed by atoms with van der Waals surface area (Å²) in [5.74, 6) is -8.99. The fourth-order valence-corrected chi connectivity index (χ4v) is 11.6. The standard InChI is InChI=1S/C45H40F6N6O7S2/c1-24(2)65(60,61)37-6-4-3-5-31(37)26-7-12-32-35(20-26)53-43(57(44(32)59)29-8-10-30(11-9-29)66(62,63)55-13-15-64-16-14-55)36(19-25-17-27(46)21-28(47)18-25)52-38(58)23-56-41-39(40(54-56)42(48)49)33-22-34(33)45(41,50)51/h3-12,17-18,20-21,24,33-34,36,42H,13-16,19,22-23H2,1-2H3,(H,52,58)/t33-,34+,36+/m1/s1. The lowest BCUT2D eigenvalue weighted by molar-refractivity contribution is -0.123. The van der Waals surface area contributed by atoms with Crippen molar-refractivity contribution in [2.24, 2.45) is 5.92 Å². The SMILES string of the molecule is CC(C)S(=O)(=O)c1ccccc1-c1ccc2c(=O)n(-c3ccc(S(=O)(=O)N4CCOCC4)cc3)c([C@H](Cc3cc(F)cc(F)c3)NC(=O)Cn3nc(C(F)F)c4c3C(F)(F)[C@H]3C[C@@H]43)nc2c1. The zero-order chi connectivity index (χ0) is 47.0. The van der Waals surface area contributed by atoms with Gasteiger partial charge in [-0.3, -0.25) is 18.8 Å². The molecular formula is C45H40F6N6O7S2. The lowest BCUT2D eigenvalue weighted by Gasteiger charge is -2.26. The molecule has 6 aromatic rings. The largest absolute Gasteiger partial charge is 0.379 e. The molecule has 2 aromatic heterocycles. The highest BCUT2D eigenvalue weighted by molar-refractivity contribution is 7.92. The monoisotopic (exact) mass is 954 g/mol. The number of nitrogens with one attached hydrogen (secondary N) is 1. The number of hydrogen-bond acceptors (Lipinski definition) is 9. The molecule has 0 spiro atoms. The van der Waals surface area contributed by atoms with Crippen molar-refractivity contribution in [1.82, 2.24) is 29.0 Å². The van der Waals surface area contributed by atoms with E-state index in [9.17, 15) is 44.0 Å². The van der Waals surface area contributed by atoms with Crippen LogP contribution in [-0.4, -0.2) is 77.9 Å². The molecule has 1 amide bonds. The van der Waals surface area contributed by atoms with E-state index < -0.39 is 103 Å². The summed E-state index contributed by atoms with van der Waals surface area (Å²) in [6, 6.07) is 16.7. The van der Waals surface area contributed by atoms with Crippen LogP contribution in [-0.2, 0) is 48.3 Å². The second-order valence-corrected chi connectivity index (χ2v) is 21.1. The summed E-state index contributed by atoms with van der Waals surface area (Å²) in [5.41, 5.74) is -2.20. The van der Waals surface area contributed by atoms with Crippen molar-refractivity contribution in [3.63, 3.8) is 0 Å². The van der Waals surface area contributed by atoms with Crippen molar-refractivity contribution < 1.29 is 52.7 Å². The number of fused-ring (bicyclic) bond motifs is 4. The Labute approximate surface area is 374 Å². The Hall–Kier alpha value is -5.90. The number of morpholine rings is 1. The van der Waals surface area contributed by atoms with E-state index in [1.807, 2.05) is 0 Å². The van der Waals surface area contributed by atoms with Gasteiger partial charge in [0, 0.05) is 42.6 Å². The van der Waals surface area contributed by atoms with Gasteiger partial charge in [-0.1, -0.05) is 24.3 Å². The Morgan fingerprint density at radius 3 is 2.27 bits per heavy atom. The molecule has 3 atom stereocenters. The van der Waals surface area contributed by atoms with Crippen LogP contribution in [0.3, 0.4) is 0 Å². The number of ether oxygens (including phenoxy) is 1. The van der Waals surface area contributed by atoms with Crippen LogP contribution in [0.4, 0.5) is 26.3 Å². The normalized spacial score (nSPS) is 18.7. The van der Waals surface area contributed by atoms with Gasteiger partial charge in [0.1, 0.15) is 35.4 Å². The molecule has 2 aliphatic carbocycles. The van der Waals surface area contributed by atoms with Crippen LogP contribution in [0.2, 0.25) is 0 Å². The van der Waals surface area contributed by atoms with Gasteiger partial charge in [-0.2, -0.15) is 18.2 Å². The summed E-state index contributed by atoms with van der Waals surface area (Å²) in [6.07, 6.45) is -3.73. The number of sulfone groups is 1. The van der Waals surface area contributed by atoms with Gasteiger partial charge in [0.05, 0.1) is 50.9 Å². The fourth-order valence-electron chi connectivity index (χ4n) is 8.89. The molecular weight excluding hydrogens is 915 g/mol. The average molecular weight is 955 g/mol. The lowest BCUT2D eigenvalue weighted by Crippen LogP contribution is -2.40. The summed E-state index contributed by atoms with van der Waals surface area (Å²) in [5, 5.41) is 5.54. The predicted molar refractivity (Wildman–Crippen MR) is 228 cm³/mol. The number of aromatic nitrogens is 4. The van der Waals surface area contributed by atoms with Crippen LogP contribution in [0.5, 0.6) is 0 Å². The molecule has 0 unspecified atom stereocenters. The fraction of sp³-hybridized carbons (Fsp3) is 0.333. The van der Waals surface area contributed by atoms with E-state index in [1.54, 1.807) is 18.2 Å². The highest BCUT2D eigenvalue weighted by atomic mass is 32.2. The van der Waals surface area contributed by atoms with Gasteiger partial charge in [0.2, 0.25) is 15.9 Å². The summed E-state index contributed by atoms with van der Waals surface area (Å²) < 4.78 is 151. The number of nitrogens with zero attached hydrogens (tertiary/aromatic N) is 5. The first-order chi connectivity index (χ1) is 31.3. The van der Waals surface area contributed by atoms with E-state index in [4.69, 9.17) is 9.72 Å². The van der Waals surface area contributed by atoms with Crippen LogP contribution >= 0.6 is 0 Å². The third-order valence-electron chi connectivity index (χ3n) is 12.2. The molecule has 4 aromatic carbocycles. The molecule has 1 saturated heterocycles. The van der Waals surface area contributed by atoms with Crippen molar-refractivity contribution >= 4 is 36.7 Å². The molecule has 13 nitrogen and oxygen atoms in total. The minimum atomic E-state index is -4.02. The number of hydrogen-bond donors (Lipinski definition) is 1. The lowest BCUT2D eigenvalue weighted by atomic mass is 10.0. The molecule has 1 N–H and O–H groups in total. The molecule has 346 valence electrons. The molecule has 21 heteroatoms. The molecule has 1 saturated carbocycles. The first-order valence-corrected chi connectivity index (χ1v) is 23.9. The number of amides is 1. The van der Waals surface area contributed by atoms with Crippen LogP contribution in [0, 0.1) is 17.6 Å². The molecule has 1 aliphatic heterocycles. The quantitative estimate of drug-likeness (QED) is 0.121. The topological polar surface area (TPSA) is 163 Å². The Morgan fingerprint density at radius 1 is 0.924 bits per heavy atom. The third-order valence-corrected chi connectivity index (χ3v) is 16.3. The Morgan fingerprint density at radius 2 is 1.61 bits per heavy atom. The highest BCUT2D eigenvalue weighted by Crippen LogP contribution is 2.68. The highest BCUT2D eigenvalue weighted by Gasteiger charge is 2.67. The van der Waals surface area contributed by atoms with Crippen molar-refractivity contribution in [2.45, 2.75) is 72.6 Å². The van der Waals surface area contributed by atoms with E-state index in [2.05, 4.69) is 10.4 Å². The second-order valence-electron chi connectivity index (χ2n) is 16.7. The van der Waals surface area contributed by atoms with E-state index in [0.717, 1.165) is 16.7 Å². The predicted octanol–water partition coefficient (Wildman–Crippen LogP) is 6.98. The van der Waals surface area contributed by atoms with Gasteiger partial charge >= 0.3 is 0 Å². The van der Waals surface area contributed by atoms with Crippen molar-refractivity contribution in [2.75, 3.05) is 26.3 Å². The average Bonchev–Trinajstić information content (AvgIpc) is 3.94. The Balaban J connectivity index is 1.21. The minimum Gasteiger partial charge on any atom is -0.379 e. The maximum Gasteiger partial charge on any atom is 0.293 e.